The van der Waals surface area contributed by atoms with E-state index in [9.17, 15) is 4.79 Å². The Labute approximate surface area is 193 Å². The number of hydrogen-bond acceptors (Lipinski definition) is 3. The normalized spacial score (nSPS) is 11.6. The molecule has 2 heterocycles. The number of aromatic nitrogens is 1. The summed E-state index contributed by atoms with van der Waals surface area (Å²) in [6.45, 7) is 0.579. The van der Waals surface area contributed by atoms with Crippen LogP contribution in [0.2, 0.25) is 10.0 Å². The Balaban J connectivity index is 1.39. The first kappa shape index (κ1) is 20.4. The van der Waals surface area contributed by atoms with E-state index in [1.54, 1.807) is 18.3 Å². The Bertz CT molecular complexity index is 1450. The molecule has 0 unspecified atom stereocenters. The van der Waals surface area contributed by atoms with Crippen LogP contribution in [0.5, 0.6) is 0 Å². The largest absolute Gasteiger partial charge is 0.451 e. The maximum Gasteiger partial charge on any atom is 0.307 e. The monoisotopic (exact) mass is 461 g/mol. The molecule has 5 aromatic rings. The van der Waals surface area contributed by atoms with Crippen molar-refractivity contribution in [2.24, 2.45) is 5.10 Å². The van der Waals surface area contributed by atoms with E-state index in [0.717, 1.165) is 27.4 Å². The van der Waals surface area contributed by atoms with Gasteiger partial charge in [0.15, 0.2) is 5.76 Å². The number of benzene rings is 3. The van der Waals surface area contributed by atoms with Gasteiger partial charge in [-0.3, -0.25) is 4.79 Å². The number of rotatable bonds is 5. The smallest absolute Gasteiger partial charge is 0.307 e. The van der Waals surface area contributed by atoms with E-state index in [1.165, 1.54) is 0 Å². The number of amides is 1. The van der Waals surface area contributed by atoms with Crippen molar-refractivity contribution in [1.82, 2.24) is 9.99 Å². The summed E-state index contributed by atoms with van der Waals surface area (Å²) < 4.78 is 7.67. The highest BCUT2D eigenvalue weighted by molar-refractivity contribution is 6.35. The molecule has 1 N–H and O–H groups in total. The van der Waals surface area contributed by atoms with Gasteiger partial charge >= 0.3 is 5.91 Å². The highest BCUT2D eigenvalue weighted by atomic mass is 35.5. The van der Waals surface area contributed by atoms with Gasteiger partial charge in [-0.1, -0.05) is 65.7 Å². The molecule has 158 valence electrons. The van der Waals surface area contributed by atoms with Gasteiger partial charge in [0.1, 0.15) is 5.58 Å². The summed E-state index contributed by atoms with van der Waals surface area (Å²) >= 11 is 12.4. The minimum absolute atomic E-state index is 0.211. The molecule has 1 amide bonds. The van der Waals surface area contributed by atoms with E-state index < -0.39 is 5.91 Å². The van der Waals surface area contributed by atoms with Crippen LogP contribution in [-0.4, -0.2) is 16.7 Å². The fourth-order valence-electron chi connectivity index (χ4n) is 3.65. The van der Waals surface area contributed by atoms with Crippen LogP contribution in [0.1, 0.15) is 21.7 Å². The average Bonchev–Trinajstić information content (AvgIpc) is 3.38. The lowest BCUT2D eigenvalue weighted by Gasteiger charge is -2.08. The third-order valence-electron chi connectivity index (χ3n) is 5.19. The summed E-state index contributed by atoms with van der Waals surface area (Å²) in [4.78, 5) is 12.4. The van der Waals surface area contributed by atoms with Gasteiger partial charge in [-0.2, -0.15) is 5.10 Å². The molecule has 0 bridgehead atoms. The van der Waals surface area contributed by atoms with Gasteiger partial charge in [-0.25, -0.2) is 5.43 Å². The van der Waals surface area contributed by atoms with Crippen molar-refractivity contribution < 1.29 is 9.21 Å². The molecular weight excluding hydrogens is 445 g/mol. The van der Waals surface area contributed by atoms with Crippen molar-refractivity contribution in [3.05, 3.63) is 106 Å². The zero-order valence-corrected chi connectivity index (χ0v) is 18.3. The molecular formula is C25H17Cl2N3O2. The predicted molar refractivity (Wildman–Crippen MR) is 129 cm³/mol. The second kappa shape index (κ2) is 8.54. The second-order valence-electron chi connectivity index (χ2n) is 7.31. The minimum atomic E-state index is -0.408. The molecule has 0 aliphatic carbocycles. The van der Waals surface area contributed by atoms with Crippen LogP contribution in [0.15, 0.2) is 88.5 Å². The van der Waals surface area contributed by atoms with Crippen LogP contribution in [0.3, 0.4) is 0 Å². The molecule has 0 atom stereocenters. The van der Waals surface area contributed by atoms with Gasteiger partial charge in [-0.15, -0.1) is 0 Å². The molecule has 0 radical (unpaired) electrons. The molecule has 2 aromatic heterocycles. The maximum atomic E-state index is 12.4. The van der Waals surface area contributed by atoms with Crippen molar-refractivity contribution >= 4 is 57.2 Å². The molecule has 0 fully saturated rings. The highest BCUT2D eigenvalue weighted by Crippen LogP contribution is 2.26. The molecule has 5 nitrogen and oxygen atoms in total. The Morgan fingerprint density at radius 3 is 2.69 bits per heavy atom. The van der Waals surface area contributed by atoms with Crippen LogP contribution < -0.4 is 5.43 Å². The maximum absolute atomic E-state index is 12.4. The Morgan fingerprint density at radius 1 is 1.03 bits per heavy atom. The molecule has 0 aliphatic rings. The Hall–Kier alpha value is -3.54. The molecule has 0 aliphatic heterocycles. The number of carbonyl (C=O) groups excluding carboxylic acids is 1. The van der Waals surface area contributed by atoms with E-state index in [2.05, 4.69) is 15.1 Å². The molecule has 0 saturated carbocycles. The first-order chi connectivity index (χ1) is 15.6. The number of nitrogens with zero attached hydrogens (tertiary/aromatic N) is 2. The summed E-state index contributed by atoms with van der Waals surface area (Å²) in [7, 11) is 0. The molecule has 3 aromatic carbocycles. The zero-order valence-electron chi connectivity index (χ0n) is 16.8. The van der Waals surface area contributed by atoms with Crippen LogP contribution in [-0.2, 0) is 6.54 Å². The fraction of sp³-hybridized carbons (Fsp3) is 0.0400. The lowest BCUT2D eigenvalue weighted by atomic mass is 10.2. The van der Waals surface area contributed by atoms with Crippen LogP contribution >= 0.6 is 23.2 Å². The van der Waals surface area contributed by atoms with Gasteiger partial charge in [0.05, 0.1) is 6.21 Å². The first-order valence-corrected chi connectivity index (χ1v) is 10.7. The summed E-state index contributed by atoms with van der Waals surface area (Å²) in [6.07, 6.45) is 3.61. The van der Waals surface area contributed by atoms with Gasteiger partial charge in [0.2, 0.25) is 0 Å². The standard InChI is InChI=1S/C25H17Cl2N3O2/c26-19-10-9-17(21(27)12-19)14-30-15-18(20-6-2-3-7-22(20)30)13-28-29-25(31)24-11-16-5-1-4-8-23(16)32-24/h1-13,15H,14H2,(H,29,31)/b28-13+. The summed E-state index contributed by atoms with van der Waals surface area (Å²) in [5, 5.41) is 7.24. The lowest BCUT2D eigenvalue weighted by molar-refractivity contribution is 0.0929. The van der Waals surface area contributed by atoms with Crippen LogP contribution in [0.4, 0.5) is 0 Å². The Kier molecular flexibility index (Phi) is 5.43. The SMILES string of the molecule is O=C(N/N=C/c1cn(Cc2ccc(Cl)cc2Cl)c2ccccc12)c1cc2ccccc2o1. The topological polar surface area (TPSA) is 59.5 Å². The van der Waals surface area contributed by atoms with E-state index in [-0.39, 0.29) is 5.76 Å². The number of halogens is 2. The third kappa shape index (κ3) is 4.00. The van der Waals surface area contributed by atoms with Gasteiger partial charge in [0.25, 0.3) is 0 Å². The minimum Gasteiger partial charge on any atom is -0.451 e. The number of fused-ring (bicyclic) bond motifs is 2. The molecule has 0 spiro atoms. The fourth-order valence-corrected chi connectivity index (χ4v) is 4.12. The first-order valence-electron chi connectivity index (χ1n) is 9.92. The molecule has 5 rings (SSSR count). The van der Waals surface area contributed by atoms with Gasteiger partial charge in [-0.05, 0) is 35.9 Å². The van der Waals surface area contributed by atoms with Crippen molar-refractivity contribution in [2.75, 3.05) is 0 Å². The number of furan rings is 1. The van der Waals surface area contributed by atoms with Crippen molar-refractivity contribution in [2.45, 2.75) is 6.54 Å². The summed E-state index contributed by atoms with van der Waals surface area (Å²) in [5.41, 5.74) is 6.06. The van der Waals surface area contributed by atoms with Crippen LogP contribution in [0, 0.1) is 0 Å². The number of nitrogens with one attached hydrogen (secondary N) is 1. The second-order valence-corrected chi connectivity index (χ2v) is 8.16. The predicted octanol–water partition coefficient (Wildman–Crippen LogP) is 6.51. The third-order valence-corrected chi connectivity index (χ3v) is 5.78. The number of carbonyl (C=O) groups is 1. The lowest BCUT2D eigenvalue weighted by Crippen LogP contribution is -2.16. The van der Waals surface area contributed by atoms with Crippen molar-refractivity contribution in [3.63, 3.8) is 0 Å². The number of hydrogen-bond donors (Lipinski definition) is 1. The van der Waals surface area contributed by atoms with Crippen molar-refractivity contribution in [3.8, 4) is 0 Å². The quantitative estimate of drug-likeness (QED) is 0.239. The number of hydrazone groups is 1. The van der Waals surface area contributed by atoms with Gasteiger partial charge < -0.3 is 8.98 Å². The molecule has 7 heteroatoms. The van der Waals surface area contributed by atoms with Crippen LogP contribution in [0.25, 0.3) is 21.9 Å². The highest BCUT2D eigenvalue weighted by Gasteiger charge is 2.12. The van der Waals surface area contributed by atoms with Crippen molar-refractivity contribution in [1.29, 1.82) is 0 Å². The van der Waals surface area contributed by atoms with Gasteiger partial charge in [0, 0.05) is 44.6 Å². The number of para-hydroxylation sites is 2. The Morgan fingerprint density at radius 2 is 1.84 bits per heavy atom. The summed E-state index contributed by atoms with van der Waals surface area (Å²) in [6, 6.07) is 22.6. The van der Waals surface area contributed by atoms with E-state index >= 15 is 0 Å². The average molecular weight is 462 g/mol. The summed E-state index contributed by atoms with van der Waals surface area (Å²) in [5.74, 6) is -0.197. The van der Waals surface area contributed by atoms with E-state index in [0.29, 0.717) is 22.2 Å². The van der Waals surface area contributed by atoms with E-state index in [1.807, 2.05) is 66.9 Å². The molecule has 0 saturated heterocycles. The zero-order chi connectivity index (χ0) is 22.1. The van der Waals surface area contributed by atoms with E-state index in [4.69, 9.17) is 27.6 Å². The molecule has 32 heavy (non-hydrogen) atoms.